The quantitative estimate of drug-likeness (QED) is 0.174. The van der Waals surface area contributed by atoms with Gasteiger partial charge in [0, 0.05) is 70.3 Å². The molecular formula is C57H37NO2S. The lowest BCUT2D eigenvalue weighted by atomic mass is 9.82. The molecular weight excluding hydrogens is 763 g/mol. The van der Waals surface area contributed by atoms with Crippen molar-refractivity contribution in [2.45, 2.75) is 19.3 Å². The fourth-order valence-corrected chi connectivity index (χ4v) is 11.3. The molecule has 13 rings (SSSR count). The summed E-state index contributed by atoms with van der Waals surface area (Å²) in [6.45, 7) is 4.69. The van der Waals surface area contributed by atoms with Gasteiger partial charge < -0.3 is 13.7 Å². The van der Waals surface area contributed by atoms with Gasteiger partial charge in [-0.1, -0.05) is 129 Å². The van der Waals surface area contributed by atoms with Crippen molar-refractivity contribution in [3.8, 4) is 33.4 Å². The van der Waals surface area contributed by atoms with Crippen molar-refractivity contribution in [2.75, 3.05) is 4.90 Å². The largest absolute Gasteiger partial charge is 0.456 e. The van der Waals surface area contributed by atoms with Gasteiger partial charge >= 0.3 is 0 Å². The maximum atomic E-state index is 6.81. The molecule has 0 amide bonds. The highest BCUT2D eigenvalue weighted by atomic mass is 32.1. The molecule has 1 aliphatic carbocycles. The first kappa shape index (κ1) is 34.5. The second-order valence-electron chi connectivity index (χ2n) is 16.8. The number of fused-ring (bicyclic) bond motifs is 12. The first-order valence-electron chi connectivity index (χ1n) is 20.9. The molecule has 0 aliphatic heterocycles. The minimum absolute atomic E-state index is 0.135. The Bertz CT molecular complexity index is 3740. The van der Waals surface area contributed by atoms with Gasteiger partial charge in [0.1, 0.15) is 22.3 Å². The second kappa shape index (κ2) is 12.8. The van der Waals surface area contributed by atoms with Crippen molar-refractivity contribution in [2.24, 2.45) is 0 Å². The lowest BCUT2D eigenvalue weighted by Gasteiger charge is -2.28. The van der Waals surface area contributed by atoms with Crippen LogP contribution in [0.4, 0.5) is 17.1 Å². The smallest absolute Gasteiger partial charge is 0.137 e. The molecule has 0 saturated carbocycles. The average molecular weight is 800 g/mol. The van der Waals surface area contributed by atoms with Crippen molar-refractivity contribution in [1.82, 2.24) is 0 Å². The number of nitrogens with zero attached hydrogens (tertiary/aromatic N) is 1. The van der Waals surface area contributed by atoms with Crippen LogP contribution < -0.4 is 4.90 Å². The van der Waals surface area contributed by atoms with Gasteiger partial charge in [0.2, 0.25) is 0 Å². The van der Waals surface area contributed by atoms with Gasteiger partial charge in [-0.15, -0.1) is 11.3 Å². The summed E-state index contributed by atoms with van der Waals surface area (Å²) in [7, 11) is 0. The molecule has 12 aromatic rings. The van der Waals surface area contributed by atoms with Crippen LogP contribution in [0.2, 0.25) is 0 Å². The van der Waals surface area contributed by atoms with Gasteiger partial charge in [0.25, 0.3) is 0 Å². The predicted molar refractivity (Wildman–Crippen MR) is 257 cm³/mol. The van der Waals surface area contributed by atoms with E-state index in [4.69, 9.17) is 8.83 Å². The molecule has 1 aliphatic rings. The number of hydrogen-bond acceptors (Lipinski definition) is 4. The van der Waals surface area contributed by atoms with Gasteiger partial charge in [0.15, 0.2) is 0 Å². The van der Waals surface area contributed by atoms with Crippen LogP contribution in [0.5, 0.6) is 0 Å². The molecule has 3 aromatic heterocycles. The predicted octanol–water partition coefficient (Wildman–Crippen LogP) is 17.0. The molecule has 288 valence electrons. The van der Waals surface area contributed by atoms with Crippen LogP contribution in [0.25, 0.3) is 97.4 Å². The van der Waals surface area contributed by atoms with Gasteiger partial charge in [-0.3, -0.25) is 0 Å². The van der Waals surface area contributed by atoms with Crippen molar-refractivity contribution in [3.63, 3.8) is 0 Å². The number of thiophene rings is 1. The van der Waals surface area contributed by atoms with Crippen molar-refractivity contribution >= 4 is 92.4 Å². The second-order valence-corrected chi connectivity index (χ2v) is 17.9. The Morgan fingerprint density at radius 2 is 0.984 bits per heavy atom. The zero-order chi connectivity index (χ0) is 40.4. The van der Waals surface area contributed by atoms with Gasteiger partial charge in [0.05, 0.1) is 0 Å². The number of anilines is 3. The summed E-state index contributed by atoms with van der Waals surface area (Å²) in [4.78, 5) is 2.38. The number of furan rings is 2. The molecule has 0 N–H and O–H groups in total. The normalized spacial score (nSPS) is 13.2. The van der Waals surface area contributed by atoms with Gasteiger partial charge in [-0.2, -0.15) is 0 Å². The zero-order valence-electron chi connectivity index (χ0n) is 33.6. The summed E-state index contributed by atoms with van der Waals surface area (Å²) in [5.41, 5.74) is 16.6. The maximum Gasteiger partial charge on any atom is 0.137 e. The lowest BCUT2D eigenvalue weighted by Crippen LogP contribution is -2.16. The van der Waals surface area contributed by atoms with Crippen LogP contribution in [0.3, 0.4) is 0 Å². The summed E-state index contributed by atoms with van der Waals surface area (Å²) < 4.78 is 16.0. The summed E-state index contributed by atoms with van der Waals surface area (Å²) >= 11 is 1.86. The average Bonchev–Trinajstić information content (AvgIpc) is 4.04. The van der Waals surface area contributed by atoms with E-state index in [2.05, 4.69) is 207 Å². The SMILES string of the molecule is CC1(C)c2ccccc2-c2ccc(N(c3ccc(-c4cccc5sc6ccccc6c45)cc3)c3ccc4c(c3)oc3cc5c(cc34)oc3cccc(-c4ccccc4)c35)cc21. The highest BCUT2D eigenvalue weighted by Gasteiger charge is 2.36. The molecule has 3 heterocycles. The molecule has 0 fully saturated rings. The van der Waals surface area contributed by atoms with E-state index in [0.717, 1.165) is 72.1 Å². The Morgan fingerprint density at radius 1 is 0.377 bits per heavy atom. The molecule has 0 radical (unpaired) electrons. The molecule has 61 heavy (non-hydrogen) atoms. The number of rotatable bonds is 5. The van der Waals surface area contributed by atoms with Crippen LogP contribution in [0.15, 0.2) is 197 Å². The highest BCUT2D eigenvalue weighted by Crippen LogP contribution is 2.51. The molecule has 0 bridgehead atoms. The summed E-state index contributed by atoms with van der Waals surface area (Å²) in [5.74, 6) is 0. The van der Waals surface area contributed by atoms with Crippen LogP contribution in [-0.2, 0) is 5.41 Å². The fraction of sp³-hybridized carbons (Fsp3) is 0.0526. The van der Waals surface area contributed by atoms with Crippen molar-refractivity contribution in [3.05, 3.63) is 199 Å². The molecule has 4 heteroatoms. The summed E-state index contributed by atoms with van der Waals surface area (Å²) in [6.07, 6.45) is 0. The molecule has 0 saturated heterocycles. The van der Waals surface area contributed by atoms with E-state index >= 15 is 0 Å². The number of hydrogen-bond donors (Lipinski definition) is 0. The summed E-state index contributed by atoms with van der Waals surface area (Å²) in [5, 5.41) is 6.88. The van der Waals surface area contributed by atoms with E-state index in [1.165, 1.54) is 53.6 Å². The molecule has 0 atom stereocenters. The monoisotopic (exact) mass is 799 g/mol. The Morgan fingerprint density at radius 3 is 1.87 bits per heavy atom. The van der Waals surface area contributed by atoms with Crippen molar-refractivity contribution in [1.29, 1.82) is 0 Å². The Hall–Kier alpha value is -7.40. The topological polar surface area (TPSA) is 29.5 Å². The minimum Gasteiger partial charge on any atom is -0.456 e. The van der Waals surface area contributed by atoms with Crippen LogP contribution >= 0.6 is 11.3 Å². The van der Waals surface area contributed by atoms with E-state index in [-0.39, 0.29) is 5.41 Å². The molecule has 3 nitrogen and oxygen atoms in total. The lowest BCUT2D eigenvalue weighted by molar-refractivity contribution is 0.660. The van der Waals surface area contributed by atoms with E-state index in [1.807, 2.05) is 11.3 Å². The van der Waals surface area contributed by atoms with Crippen LogP contribution in [-0.4, -0.2) is 0 Å². The Labute approximate surface area is 356 Å². The Balaban J connectivity index is 0.972. The zero-order valence-corrected chi connectivity index (χ0v) is 34.4. The third-order valence-corrected chi connectivity index (χ3v) is 14.2. The van der Waals surface area contributed by atoms with Crippen LogP contribution in [0, 0.1) is 0 Å². The van der Waals surface area contributed by atoms with Gasteiger partial charge in [-0.05, 0) is 111 Å². The van der Waals surface area contributed by atoms with E-state index in [0.29, 0.717) is 0 Å². The minimum atomic E-state index is -0.135. The van der Waals surface area contributed by atoms with Gasteiger partial charge in [-0.25, -0.2) is 0 Å². The van der Waals surface area contributed by atoms with Crippen LogP contribution in [0.1, 0.15) is 25.0 Å². The molecule has 0 spiro atoms. The first-order valence-corrected chi connectivity index (χ1v) is 21.7. The summed E-state index contributed by atoms with van der Waals surface area (Å²) in [6, 6.07) is 68.1. The third-order valence-electron chi connectivity index (χ3n) is 13.1. The van der Waals surface area contributed by atoms with E-state index in [9.17, 15) is 0 Å². The Kier molecular flexibility index (Phi) is 7.23. The first-order chi connectivity index (χ1) is 30.0. The van der Waals surface area contributed by atoms with Crippen molar-refractivity contribution < 1.29 is 8.83 Å². The van der Waals surface area contributed by atoms with E-state index < -0.39 is 0 Å². The molecule has 0 unspecified atom stereocenters. The number of benzene rings is 9. The third kappa shape index (κ3) is 5.09. The fourth-order valence-electron chi connectivity index (χ4n) is 10.2. The standard InChI is InChI=1S/C57H37NO2S/c1-57(2)47-18-8-6-14-41(47)42-28-26-37(30-48(42)57)58(36-24-22-35(23-25-36)40-17-11-21-54-56(40)44-15-7-9-20-53(44)61-54)38-27-29-43-45-32-52-46(33-51(45)60-50(43)31-38)55-39(16-10-19-49(55)59-52)34-12-4-3-5-13-34/h3-33H,1-2H3. The van der Waals surface area contributed by atoms with E-state index in [1.54, 1.807) is 0 Å². The highest BCUT2D eigenvalue weighted by molar-refractivity contribution is 7.25. The molecule has 9 aromatic carbocycles. The maximum absolute atomic E-state index is 6.81.